The molecule has 0 saturated heterocycles. The summed E-state index contributed by atoms with van der Waals surface area (Å²) >= 11 is 0. The van der Waals surface area contributed by atoms with Crippen LogP contribution in [0, 0.1) is 0 Å². The topological polar surface area (TPSA) is 35.5 Å². The summed E-state index contributed by atoms with van der Waals surface area (Å²) in [6.45, 7) is 15.1. The van der Waals surface area contributed by atoms with Crippen molar-refractivity contribution >= 4 is 14.3 Å². The highest BCUT2D eigenvalue weighted by Gasteiger charge is 2.37. The lowest BCUT2D eigenvalue weighted by Gasteiger charge is -2.37. The van der Waals surface area contributed by atoms with Crippen molar-refractivity contribution < 1.29 is 14.0 Å². The van der Waals surface area contributed by atoms with Gasteiger partial charge in [-0.15, -0.1) is 0 Å². The maximum absolute atomic E-state index is 11.2. The van der Waals surface area contributed by atoms with Crippen LogP contribution in [-0.4, -0.2) is 27.0 Å². The van der Waals surface area contributed by atoms with Gasteiger partial charge in [-0.25, -0.2) is 4.79 Å². The Morgan fingerprint density at radius 2 is 1.88 bits per heavy atom. The van der Waals surface area contributed by atoms with E-state index in [1.54, 1.807) is 13.0 Å². The van der Waals surface area contributed by atoms with E-state index in [1.165, 1.54) is 6.08 Å². The molecule has 0 aliphatic heterocycles. The van der Waals surface area contributed by atoms with Gasteiger partial charge in [0.2, 0.25) is 0 Å². The summed E-state index contributed by atoms with van der Waals surface area (Å²) < 4.78 is 10.9. The fourth-order valence-corrected chi connectivity index (χ4v) is 2.45. The zero-order valence-electron chi connectivity index (χ0n) is 12.2. The van der Waals surface area contributed by atoms with Gasteiger partial charge in [-0.05, 0) is 32.0 Å². The Hall–Kier alpha value is -0.613. The van der Waals surface area contributed by atoms with E-state index < -0.39 is 8.32 Å². The zero-order valence-corrected chi connectivity index (χ0v) is 13.2. The second-order valence-electron chi connectivity index (χ2n) is 5.69. The third kappa shape index (κ3) is 6.03. The number of ether oxygens (including phenoxy) is 1. The molecule has 0 heterocycles. The molecule has 0 aromatic heterocycles. The van der Waals surface area contributed by atoms with Gasteiger partial charge in [0, 0.05) is 6.08 Å². The molecule has 0 spiro atoms. The van der Waals surface area contributed by atoms with Crippen molar-refractivity contribution in [1.29, 1.82) is 0 Å². The molecule has 0 aromatic rings. The second kappa shape index (κ2) is 6.35. The lowest BCUT2D eigenvalue weighted by Crippen LogP contribution is -2.42. The molecule has 0 aliphatic rings. The van der Waals surface area contributed by atoms with Crippen molar-refractivity contribution in [3.8, 4) is 0 Å². The van der Waals surface area contributed by atoms with E-state index in [1.807, 2.05) is 6.92 Å². The van der Waals surface area contributed by atoms with Gasteiger partial charge < -0.3 is 9.16 Å². The fourth-order valence-electron chi connectivity index (χ4n) is 1.09. The summed E-state index contributed by atoms with van der Waals surface area (Å²) in [6.07, 6.45) is 3.15. The van der Waals surface area contributed by atoms with Crippen LogP contribution in [0.5, 0.6) is 0 Å². The molecule has 0 rings (SSSR count). The van der Waals surface area contributed by atoms with Crippen LogP contribution in [0.15, 0.2) is 12.2 Å². The first kappa shape index (κ1) is 16.4. The van der Waals surface area contributed by atoms with Crippen LogP contribution in [0.1, 0.15) is 34.6 Å². The molecular weight excluding hydrogens is 232 g/mol. The van der Waals surface area contributed by atoms with Crippen LogP contribution in [-0.2, 0) is 14.0 Å². The van der Waals surface area contributed by atoms with E-state index in [-0.39, 0.29) is 17.1 Å². The van der Waals surface area contributed by atoms with Gasteiger partial charge in [0.15, 0.2) is 8.32 Å². The van der Waals surface area contributed by atoms with Gasteiger partial charge in [0.25, 0.3) is 0 Å². The summed E-state index contributed by atoms with van der Waals surface area (Å²) in [7, 11) is -1.76. The average Bonchev–Trinajstić information content (AvgIpc) is 2.12. The van der Waals surface area contributed by atoms with E-state index >= 15 is 0 Å². The molecule has 0 aromatic carbocycles. The van der Waals surface area contributed by atoms with Crippen LogP contribution < -0.4 is 0 Å². The maximum Gasteiger partial charge on any atom is 0.330 e. The third-order valence-electron chi connectivity index (χ3n) is 3.08. The molecule has 0 radical (unpaired) electrons. The Kier molecular flexibility index (Phi) is 6.13. The lowest BCUT2D eigenvalue weighted by molar-refractivity contribution is -0.137. The Balaban J connectivity index is 4.37. The van der Waals surface area contributed by atoms with Crippen LogP contribution in [0.25, 0.3) is 0 Å². The molecule has 0 amide bonds. The number of rotatable bonds is 5. The Labute approximate surface area is 106 Å². The predicted molar refractivity (Wildman–Crippen MR) is 73.5 cm³/mol. The first-order valence-electron chi connectivity index (χ1n) is 6.13. The smallest absolute Gasteiger partial charge is 0.330 e. The van der Waals surface area contributed by atoms with Gasteiger partial charge >= 0.3 is 5.97 Å². The molecule has 0 fully saturated rings. The van der Waals surface area contributed by atoms with Crippen LogP contribution in [0.2, 0.25) is 18.1 Å². The minimum atomic E-state index is -1.76. The Morgan fingerprint density at radius 3 is 2.29 bits per heavy atom. The average molecular weight is 258 g/mol. The summed E-state index contributed by atoms with van der Waals surface area (Å²) in [5.41, 5.74) is 0. The van der Waals surface area contributed by atoms with Gasteiger partial charge in [-0.2, -0.15) is 0 Å². The van der Waals surface area contributed by atoms with Crippen molar-refractivity contribution in [2.24, 2.45) is 0 Å². The molecule has 4 heteroatoms. The molecule has 17 heavy (non-hydrogen) atoms. The van der Waals surface area contributed by atoms with Gasteiger partial charge in [0.1, 0.15) is 0 Å². The first-order chi connectivity index (χ1) is 7.60. The maximum atomic E-state index is 11.2. The number of carbonyl (C=O) groups excluding carboxylic acids is 1. The molecule has 0 bridgehead atoms. The third-order valence-corrected chi connectivity index (χ3v) is 7.65. The standard InChI is InChI=1S/C13H26O3Si/c1-8-15-12(14)10-9-11(2)16-17(6,7)13(3,4)5/h9-11H,8H2,1-7H3/b10-9+. The first-order valence-corrected chi connectivity index (χ1v) is 9.03. The number of esters is 1. The quantitative estimate of drug-likeness (QED) is 0.430. The van der Waals surface area contributed by atoms with Crippen molar-refractivity contribution in [3.63, 3.8) is 0 Å². The Morgan fingerprint density at radius 1 is 1.35 bits per heavy atom. The number of hydrogen-bond acceptors (Lipinski definition) is 3. The molecule has 0 N–H and O–H groups in total. The van der Waals surface area contributed by atoms with Gasteiger partial charge in [-0.1, -0.05) is 26.8 Å². The second-order valence-corrected chi connectivity index (χ2v) is 10.5. The van der Waals surface area contributed by atoms with E-state index in [0.29, 0.717) is 6.61 Å². The summed E-state index contributed by atoms with van der Waals surface area (Å²) in [5.74, 6) is -0.307. The minimum absolute atomic E-state index is 0.0553. The Bertz CT molecular complexity index is 277. The van der Waals surface area contributed by atoms with Crippen LogP contribution in [0.4, 0.5) is 0 Å². The highest BCUT2D eigenvalue weighted by atomic mass is 28.4. The largest absolute Gasteiger partial charge is 0.463 e. The molecule has 3 nitrogen and oxygen atoms in total. The highest BCUT2D eigenvalue weighted by Crippen LogP contribution is 2.37. The molecule has 0 aliphatic carbocycles. The number of carbonyl (C=O) groups is 1. The predicted octanol–water partition coefficient (Wildman–Crippen LogP) is 3.52. The van der Waals surface area contributed by atoms with E-state index in [4.69, 9.17) is 9.16 Å². The number of hydrogen-bond donors (Lipinski definition) is 0. The van der Waals surface area contributed by atoms with E-state index in [9.17, 15) is 4.79 Å². The minimum Gasteiger partial charge on any atom is -0.463 e. The van der Waals surface area contributed by atoms with Crippen molar-refractivity contribution in [2.45, 2.75) is 58.9 Å². The van der Waals surface area contributed by atoms with E-state index in [0.717, 1.165) is 0 Å². The summed E-state index contributed by atoms with van der Waals surface area (Å²) in [4.78, 5) is 11.2. The van der Waals surface area contributed by atoms with Crippen molar-refractivity contribution in [3.05, 3.63) is 12.2 Å². The summed E-state index contributed by atoms with van der Waals surface area (Å²) in [6, 6.07) is 0. The van der Waals surface area contributed by atoms with Crippen LogP contribution in [0.3, 0.4) is 0 Å². The SMILES string of the molecule is CCOC(=O)/C=C/C(C)O[Si](C)(C)C(C)(C)C. The van der Waals surface area contributed by atoms with Crippen molar-refractivity contribution in [2.75, 3.05) is 6.61 Å². The van der Waals surface area contributed by atoms with Gasteiger partial charge in [0.05, 0.1) is 12.7 Å². The van der Waals surface area contributed by atoms with Crippen molar-refractivity contribution in [1.82, 2.24) is 0 Å². The molecule has 1 unspecified atom stereocenters. The zero-order chi connectivity index (χ0) is 13.7. The summed E-state index contributed by atoms with van der Waals surface area (Å²) in [5, 5.41) is 0.180. The monoisotopic (exact) mass is 258 g/mol. The normalized spacial score (nSPS) is 15.0. The van der Waals surface area contributed by atoms with Gasteiger partial charge in [-0.3, -0.25) is 0 Å². The fraction of sp³-hybridized carbons (Fsp3) is 0.769. The molecular formula is C13H26O3Si. The van der Waals surface area contributed by atoms with E-state index in [2.05, 4.69) is 33.9 Å². The molecule has 100 valence electrons. The highest BCUT2D eigenvalue weighted by molar-refractivity contribution is 6.74. The molecule has 0 saturated carbocycles. The van der Waals surface area contributed by atoms with Crippen LogP contribution >= 0.6 is 0 Å². The molecule has 1 atom stereocenters. The lowest BCUT2D eigenvalue weighted by atomic mass is 10.2.